The smallest absolute Gasteiger partial charge is 0.416 e. The molecule has 0 aromatic heterocycles. The molecule has 9 aromatic rings. The first-order valence-electron chi connectivity index (χ1n) is 36.7. The number of benzene rings is 9. The van der Waals surface area contributed by atoms with Gasteiger partial charge in [-0.2, -0.15) is 65.9 Å². The molecule has 0 aliphatic heterocycles. The normalized spacial score (nSPS) is 11.3. The zero-order chi connectivity index (χ0) is 85.5. The van der Waals surface area contributed by atoms with Crippen LogP contribution in [0, 0.1) is 152 Å². The van der Waals surface area contributed by atoms with Crippen molar-refractivity contribution in [2.75, 3.05) is 7.11 Å². The van der Waals surface area contributed by atoms with Gasteiger partial charge in [0.25, 0.3) is 0 Å². The fraction of sp³-hybridized carbons (Fsp3) is 0.426. The van der Waals surface area contributed by atoms with Crippen LogP contribution in [0.5, 0.6) is 5.75 Å². The number of alkyl halides is 15. The van der Waals surface area contributed by atoms with Crippen LogP contribution in [-0.2, 0) is 30.9 Å². The summed E-state index contributed by atoms with van der Waals surface area (Å²) in [5.74, 6) is 3.35. The van der Waals surface area contributed by atoms with Crippen LogP contribution in [0.3, 0.4) is 0 Å². The highest BCUT2D eigenvalue weighted by molar-refractivity contribution is 5.46. The maximum absolute atomic E-state index is 12.4. The van der Waals surface area contributed by atoms with Crippen LogP contribution in [-0.4, -0.2) is 7.11 Å². The molecule has 0 aliphatic rings. The third-order valence-corrected chi connectivity index (χ3v) is 19.5. The molecule has 0 saturated heterocycles. The predicted octanol–water partition coefficient (Wildman–Crippen LogP) is 31.6. The van der Waals surface area contributed by atoms with Gasteiger partial charge in [-0.1, -0.05) is 174 Å². The second-order valence-corrected chi connectivity index (χ2v) is 30.0. The van der Waals surface area contributed by atoms with Gasteiger partial charge in [-0.25, -0.2) is 0 Å². The maximum Gasteiger partial charge on any atom is 0.416 e. The van der Waals surface area contributed by atoms with Gasteiger partial charge in [0.2, 0.25) is 0 Å². The van der Waals surface area contributed by atoms with Gasteiger partial charge >= 0.3 is 30.9 Å². The SMILES string of the molecule is COc1cc(C(C)C)c(C)c(C(C)C)c1.Cc1cc(C(C)C)c(C)c(C(C)C)c1.Cc1cc(C)c(C)c(C(F)(F)F)c1.Cc1cc(C)c(C)c(C(F)(F)F)c1.Cc1cc(C)c(C)c(C)c1.Cc1ccc(C)c(C)c1.Cc1cccc(C(F)(F)F)c1C.Cc1cccc(C(F)(F)F)c1C.Cc1cccc(C(F)(F)F)c1C. The van der Waals surface area contributed by atoms with Crippen LogP contribution in [0.2, 0.25) is 0 Å². The molecule has 0 heterocycles. The van der Waals surface area contributed by atoms with Crippen LogP contribution in [0.15, 0.2) is 133 Å². The van der Waals surface area contributed by atoms with Crippen LogP contribution in [0.4, 0.5) is 65.9 Å². The Bertz CT molecular complexity index is 4120. The zero-order valence-corrected chi connectivity index (χ0v) is 70.6. The number of rotatable bonds is 5. The molecule has 110 heavy (non-hydrogen) atoms. The highest BCUT2D eigenvalue weighted by Crippen LogP contribution is 2.39. The summed E-state index contributed by atoms with van der Waals surface area (Å²) in [6.07, 6.45) is -21.1. The Labute approximate surface area is 648 Å². The number of halogens is 15. The minimum absolute atomic E-state index is 0.310. The summed E-state index contributed by atoms with van der Waals surface area (Å²) >= 11 is 0. The molecule has 0 bridgehead atoms. The predicted molar refractivity (Wildman–Crippen MR) is 430 cm³/mol. The van der Waals surface area contributed by atoms with E-state index in [-0.39, 0.29) is 0 Å². The van der Waals surface area contributed by atoms with Crippen LogP contribution >= 0.6 is 0 Å². The fourth-order valence-electron chi connectivity index (χ4n) is 12.1. The molecule has 1 nitrogen and oxygen atoms in total. The van der Waals surface area contributed by atoms with Crippen molar-refractivity contribution in [2.24, 2.45) is 0 Å². The number of methoxy groups -OCH3 is 1. The van der Waals surface area contributed by atoms with Crippen molar-refractivity contribution in [3.05, 3.63) is 306 Å². The van der Waals surface area contributed by atoms with Gasteiger partial charge in [-0.15, -0.1) is 0 Å². The van der Waals surface area contributed by atoms with E-state index < -0.39 is 58.7 Å². The van der Waals surface area contributed by atoms with Crippen LogP contribution in [0.1, 0.15) is 252 Å². The van der Waals surface area contributed by atoms with Gasteiger partial charge in [-0.05, 0) is 335 Å². The molecule has 0 N–H and O–H groups in total. The number of aryl methyl sites for hydroxylation is 14. The lowest BCUT2D eigenvalue weighted by molar-refractivity contribution is -0.139. The van der Waals surface area contributed by atoms with E-state index in [1.807, 2.05) is 0 Å². The fourth-order valence-corrected chi connectivity index (χ4v) is 12.1. The van der Waals surface area contributed by atoms with Crippen molar-refractivity contribution in [2.45, 2.75) is 262 Å². The Hall–Kier alpha value is -8.27. The van der Waals surface area contributed by atoms with E-state index in [1.165, 1.54) is 143 Å². The average Bonchev–Trinajstić information content (AvgIpc) is 0.788. The lowest BCUT2D eigenvalue weighted by Crippen LogP contribution is -2.08. The number of hydrogen-bond acceptors (Lipinski definition) is 1. The first-order valence-corrected chi connectivity index (χ1v) is 36.7. The van der Waals surface area contributed by atoms with Gasteiger partial charge in [-0.3, -0.25) is 0 Å². The minimum Gasteiger partial charge on any atom is -0.497 e. The van der Waals surface area contributed by atoms with E-state index in [2.05, 4.69) is 179 Å². The van der Waals surface area contributed by atoms with Crippen molar-refractivity contribution < 1.29 is 70.6 Å². The first kappa shape index (κ1) is 99.7. The molecule has 606 valence electrons. The molecular formula is C94H119F15O. The Balaban J connectivity index is 0.000000621. The quantitative estimate of drug-likeness (QED) is 0.156. The van der Waals surface area contributed by atoms with Crippen molar-refractivity contribution in [3.63, 3.8) is 0 Å². The molecule has 0 unspecified atom stereocenters. The molecule has 9 aromatic carbocycles. The molecule has 0 atom stereocenters. The summed E-state index contributed by atoms with van der Waals surface area (Å²) in [6.45, 7) is 58.9. The summed E-state index contributed by atoms with van der Waals surface area (Å²) in [5, 5.41) is 0. The van der Waals surface area contributed by atoms with Crippen molar-refractivity contribution in [3.8, 4) is 5.75 Å². The third-order valence-electron chi connectivity index (χ3n) is 19.5. The monoisotopic (exact) mass is 1550 g/mol. The third kappa shape index (κ3) is 31.8. The zero-order valence-electron chi connectivity index (χ0n) is 70.6. The van der Waals surface area contributed by atoms with Gasteiger partial charge < -0.3 is 4.74 Å². The molecule has 0 saturated carbocycles. The summed E-state index contributed by atoms with van der Waals surface area (Å²) < 4.78 is 190. The first-order chi connectivity index (χ1) is 50.1. The van der Waals surface area contributed by atoms with E-state index >= 15 is 0 Å². The molecule has 0 aliphatic carbocycles. The van der Waals surface area contributed by atoms with Crippen molar-refractivity contribution >= 4 is 0 Å². The number of hydrogen-bond donors (Lipinski definition) is 0. The standard InChI is InChI=1S/C14H22O.C14H22.2C10H11F3.C10H14.3C9H9F3.C9H12/c1-9(2)13-7-12(15-6)8-14(10(3)4)11(13)5;1-9(2)13-7-11(5)8-14(10(3)4)12(13)6;2*1-6-4-7(2)8(3)9(5-6)10(11,12)13;1-7-5-8(2)10(4)9(3)6-7;3*1-6-4-3-5-8(7(6)2)9(10,11)12;1-7-4-5-8(2)9(3)6-7/h7-10H,1-6H3;7-10H,1-6H3;2*4-5H,1-3H3;5-6H,1-4H3;3*3-5H,1-2H3;4-6H,1-3H3. The highest BCUT2D eigenvalue weighted by atomic mass is 19.4. The Morgan fingerprint density at radius 3 is 0.664 bits per heavy atom. The maximum atomic E-state index is 12.4. The second kappa shape index (κ2) is 42.9. The Kier molecular flexibility index (Phi) is 38.9. The van der Waals surface area contributed by atoms with Crippen LogP contribution in [0.25, 0.3) is 0 Å². The molecule has 0 fully saturated rings. The average molecular weight is 1550 g/mol. The van der Waals surface area contributed by atoms with E-state index in [0.29, 0.717) is 90.4 Å². The van der Waals surface area contributed by atoms with E-state index in [1.54, 1.807) is 85.9 Å². The van der Waals surface area contributed by atoms with E-state index in [4.69, 9.17) is 4.74 Å². The number of ether oxygens (including phenoxy) is 1. The van der Waals surface area contributed by atoms with E-state index in [9.17, 15) is 65.9 Å². The van der Waals surface area contributed by atoms with Gasteiger partial charge in [0, 0.05) is 0 Å². The summed E-state index contributed by atoms with van der Waals surface area (Å²) in [4.78, 5) is 0. The van der Waals surface area contributed by atoms with E-state index in [0.717, 1.165) is 23.9 Å². The lowest BCUT2D eigenvalue weighted by atomic mass is 9.88. The van der Waals surface area contributed by atoms with Crippen molar-refractivity contribution in [1.29, 1.82) is 0 Å². The molecule has 16 heteroatoms. The Morgan fingerprint density at radius 2 is 0.436 bits per heavy atom. The largest absolute Gasteiger partial charge is 0.497 e. The molecule has 9 rings (SSSR count). The summed E-state index contributed by atoms with van der Waals surface area (Å²) in [7, 11) is 1.74. The van der Waals surface area contributed by atoms with Gasteiger partial charge in [0.15, 0.2) is 0 Å². The summed E-state index contributed by atoms with van der Waals surface area (Å²) in [5.41, 5.74) is 23.4. The Morgan fingerprint density at radius 1 is 0.209 bits per heavy atom. The highest BCUT2D eigenvalue weighted by Gasteiger charge is 2.36. The van der Waals surface area contributed by atoms with Gasteiger partial charge in [0.1, 0.15) is 5.75 Å². The lowest BCUT2D eigenvalue weighted by Gasteiger charge is -2.18. The second-order valence-electron chi connectivity index (χ2n) is 30.0. The molecule has 0 amide bonds. The van der Waals surface area contributed by atoms with Crippen molar-refractivity contribution in [1.82, 2.24) is 0 Å². The van der Waals surface area contributed by atoms with Gasteiger partial charge in [0.05, 0.1) is 34.9 Å². The topological polar surface area (TPSA) is 9.23 Å². The van der Waals surface area contributed by atoms with Crippen LogP contribution < -0.4 is 4.74 Å². The molecule has 0 spiro atoms. The minimum atomic E-state index is -4.24. The summed E-state index contributed by atoms with van der Waals surface area (Å²) in [6, 6.07) is 38.4. The molecule has 0 radical (unpaired) electrons. The molecular weight excluding hydrogens is 1430 g/mol.